The summed E-state index contributed by atoms with van der Waals surface area (Å²) in [6.45, 7) is 7.96. The molecule has 1 N–H and O–H groups in total. The van der Waals surface area contributed by atoms with Crippen LogP contribution in [0.15, 0.2) is 6.20 Å². The van der Waals surface area contributed by atoms with Crippen LogP contribution in [0.2, 0.25) is 5.02 Å². The highest BCUT2D eigenvalue weighted by molar-refractivity contribution is 6.33. The first-order valence-corrected chi connectivity index (χ1v) is 9.86. The first-order chi connectivity index (χ1) is 13.0. The summed E-state index contributed by atoms with van der Waals surface area (Å²) in [6.07, 6.45) is 3.27. The van der Waals surface area contributed by atoms with E-state index in [1.54, 1.807) is 0 Å². The number of nitrogens with zero attached hydrogens (tertiary/aromatic N) is 6. The molecule has 0 aromatic carbocycles. The van der Waals surface area contributed by atoms with Crippen LogP contribution in [0.3, 0.4) is 0 Å². The van der Waals surface area contributed by atoms with Crippen LogP contribution >= 0.6 is 24.0 Å². The molecule has 4 rings (SSSR count). The largest absolute Gasteiger partial charge is 0.337 e. The minimum Gasteiger partial charge on any atom is -0.337 e. The zero-order chi connectivity index (χ0) is 19.0. The molecule has 8 nitrogen and oxygen atoms in total. The van der Waals surface area contributed by atoms with Gasteiger partial charge in [-0.25, -0.2) is 9.97 Å². The van der Waals surface area contributed by atoms with Crippen LogP contribution in [0, 0.1) is 0 Å². The molecule has 0 bridgehead atoms. The number of fused-ring (bicyclic) bond motifs is 1. The van der Waals surface area contributed by atoms with E-state index in [4.69, 9.17) is 11.6 Å². The number of hydrogen-bond donors (Lipinski definition) is 1. The van der Waals surface area contributed by atoms with Crippen LogP contribution < -0.4 is 5.32 Å². The number of rotatable bonds is 3. The minimum absolute atomic E-state index is 0. The summed E-state index contributed by atoms with van der Waals surface area (Å²) in [5.41, 5.74) is 0.305. The molecule has 0 saturated carbocycles. The Bertz CT molecular complexity index is 846. The average molecular weight is 426 g/mol. The fourth-order valence-electron chi connectivity index (χ4n) is 3.72. The van der Waals surface area contributed by atoms with Crippen molar-refractivity contribution in [2.24, 2.45) is 0 Å². The molecule has 28 heavy (non-hydrogen) atoms. The molecule has 0 spiro atoms. The number of likely N-dealkylation sites (tertiary alicyclic amines) is 1. The summed E-state index contributed by atoms with van der Waals surface area (Å²) in [5.74, 6) is 3.06. The van der Waals surface area contributed by atoms with Gasteiger partial charge in [-0.05, 0) is 12.8 Å². The van der Waals surface area contributed by atoms with E-state index >= 15 is 0 Å². The second-order valence-corrected chi connectivity index (χ2v) is 7.86. The molecule has 4 heterocycles. The first-order valence-electron chi connectivity index (χ1n) is 9.49. The molecule has 152 valence electrons. The second kappa shape index (κ2) is 8.71. The molecule has 0 radical (unpaired) electrons. The third-order valence-corrected chi connectivity index (χ3v) is 5.56. The van der Waals surface area contributed by atoms with Gasteiger partial charge in [0.15, 0.2) is 5.69 Å². The van der Waals surface area contributed by atoms with Gasteiger partial charge >= 0.3 is 0 Å². The first kappa shape index (κ1) is 21.0. The van der Waals surface area contributed by atoms with Gasteiger partial charge in [-0.3, -0.25) is 4.79 Å². The lowest BCUT2D eigenvalue weighted by Crippen LogP contribution is -2.39. The van der Waals surface area contributed by atoms with Crippen molar-refractivity contribution in [3.8, 4) is 0 Å². The molecule has 2 aromatic rings. The van der Waals surface area contributed by atoms with Crippen LogP contribution in [-0.2, 0) is 13.1 Å². The Balaban J connectivity index is 0.00000225. The smallest absolute Gasteiger partial charge is 0.274 e. The summed E-state index contributed by atoms with van der Waals surface area (Å²) in [7, 11) is 0. The minimum atomic E-state index is -0.116. The molecule has 0 aliphatic carbocycles. The monoisotopic (exact) mass is 425 g/mol. The third kappa shape index (κ3) is 3.99. The maximum atomic E-state index is 12.9. The Kier molecular flexibility index (Phi) is 6.52. The van der Waals surface area contributed by atoms with Crippen LogP contribution in [0.1, 0.15) is 66.5 Å². The van der Waals surface area contributed by atoms with Crippen molar-refractivity contribution in [3.05, 3.63) is 34.4 Å². The number of halogens is 2. The average Bonchev–Trinajstić information content (AvgIpc) is 3.12. The van der Waals surface area contributed by atoms with Gasteiger partial charge in [0.05, 0.1) is 17.8 Å². The maximum absolute atomic E-state index is 12.9. The lowest BCUT2D eigenvalue weighted by atomic mass is 9.95. The van der Waals surface area contributed by atoms with E-state index in [2.05, 4.69) is 30.0 Å². The van der Waals surface area contributed by atoms with Gasteiger partial charge in [-0.2, -0.15) is 0 Å². The Morgan fingerprint density at radius 1 is 1.25 bits per heavy atom. The summed E-state index contributed by atoms with van der Waals surface area (Å²) >= 11 is 6.20. The van der Waals surface area contributed by atoms with Crippen LogP contribution in [0.5, 0.6) is 0 Å². The van der Waals surface area contributed by atoms with Crippen molar-refractivity contribution in [1.82, 2.24) is 34.9 Å². The number of piperidine rings is 1. The highest BCUT2D eigenvalue weighted by Gasteiger charge is 2.30. The normalized spacial score (nSPS) is 17.4. The Morgan fingerprint density at radius 2 is 2.00 bits per heavy atom. The van der Waals surface area contributed by atoms with Gasteiger partial charge < -0.3 is 14.8 Å². The van der Waals surface area contributed by atoms with Gasteiger partial charge in [0.2, 0.25) is 0 Å². The lowest BCUT2D eigenvalue weighted by molar-refractivity contribution is 0.0703. The SMILES string of the molecule is CC(C)c1ncc(Cl)c(C(=O)N2CCC(c3nnc4n3CCNC4)CC2)n1.Cl. The summed E-state index contributed by atoms with van der Waals surface area (Å²) < 4.78 is 2.23. The lowest BCUT2D eigenvalue weighted by Gasteiger charge is -2.32. The second-order valence-electron chi connectivity index (χ2n) is 7.45. The molecule has 10 heteroatoms. The van der Waals surface area contributed by atoms with Crippen molar-refractivity contribution >= 4 is 29.9 Å². The Labute approximate surface area is 175 Å². The number of amides is 1. The van der Waals surface area contributed by atoms with Crippen molar-refractivity contribution < 1.29 is 4.79 Å². The van der Waals surface area contributed by atoms with E-state index in [1.165, 1.54) is 6.20 Å². The van der Waals surface area contributed by atoms with Crippen LogP contribution in [-0.4, -0.2) is 55.2 Å². The number of carbonyl (C=O) groups is 1. The number of hydrogen-bond acceptors (Lipinski definition) is 6. The van der Waals surface area contributed by atoms with Gasteiger partial charge in [0.25, 0.3) is 5.91 Å². The zero-order valence-electron chi connectivity index (χ0n) is 16.1. The van der Waals surface area contributed by atoms with E-state index in [-0.39, 0.29) is 24.2 Å². The van der Waals surface area contributed by atoms with E-state index in [0.29, 0.717) is 35.5 Å². The van der Waals surface area contributed by atoms with E-state index in [1.807, 2.05) is 18.7 Å². The van der Waals surface area contributed by atoms with Gasteiger partial charge in [-0.15, -0.1) is 22.6 Å². The molecule has 0 atom stereocenters. The highest BCUT2D eigenvalue weighted by atomic mass is 35.5. The molecule has 2 aliphatic rings. The molecule has 1 amide bonds. The highest BCUT2D eigenvalue weighted by Crippen LogP contribution is 2.29. The maximum Gasteiger partial charge on any atom is 0.274 e. The fraction of sp³-hybridized carbons (Fsp3) is 0.611. The number of aromatic nitrogens is 5. The van der Waals surface area contributed by atoms with Crippen LogP contribution in [0.4, 0.5) is 0 Å². The zero-order valence-corrected chi connectivity index (χ0v) is 17.6. The Hall–Kier alpha value is -1.77. The summed E-state index contributed by atoms with van der Waals surface area (Å²) in [5, 5.41) is 12.4. The van der Waals surface area contributed by atoms with E-state index in [0.717, 1.165) is 44.1 Å². The standard InChI is InChI=1S/C18H24ClN7O.ClH/c1-11(2)16-21-9-13(19)15(22-16)18(27)25-6-3-12(4-7-25)17-24-23-14-10-20-5-8-26(14)17;/h9,11-12,20H,3-8,10H2,1-2H3;1H. The summed E-state index contributed by atoms with van der Waals surface area (Å²) in [4.78, 5) is 23.4. The van der Waals surface area contributed by atoms with Gasteiger partial charge in [0.1, 0.15) is 17.5 Å². The molecule has 1 saturated heterocycles. The molecule has 1 fully saturated rings. The van der Waals surface area contributed by atoms with Crippen molar-refractivity contribution in [2.75, 3.05) is 19.6 Å². The van der Waals surface area contributed by atoms with Crippen molar-refractivity contribution in [1.29, 1.82) is 0 Å². The van der Waals surface area contributed by atoms with Gasteiger partial charge in [0, 0.05) is 38.0 Å². The topological polar surface area (TPSA) is 88.8 Å². The third-order valence-electron chi connectivity index (χ3n) is 5.28. The van der Waals surface area contributed by atoms with Crippen molar-refractivity contribution in [2.45, 2.75) is 51.6 Å². The predicted octanol–water partition coefficient (Wildman–Crippen LogP) is 2.39. The molecular weight excluding hydrogens is 401 g/mol. The number of nitrogens with one attached hydrogen (secondary N) is 1. The predicted molar refractivity (Wildman–Crippen MR) is 108 cm³/mol. The van der Waals surface area contributed by atoms with E-state index < -0.39 is 0 Å². The van der Waals surface area contributed by atoms with Crippen LogP contribution in [0.25, 0.3) is 0 Å². The fourth-order valence-corrected chi connectivity index (χ4v) is 3.89. The van der Waals surface area contributed by atoms with Crippen molar-refractivity contribution in [3.63, 3.8) is 0 Å². The van der Waals surface area contributed by atoms with Gasteiger partial charge in [-0.1, -0.05) is 25.4 Å². The molecular formula is C18H25Cl2N7O. The molecule has 2 aromatic heterocycles. The Morgan fingerprint density at radius 3 is 2.71 bits per heavy atom. The summed E-state index contributed by atoms with van der Waals surface area (Å²) in [6, 6.07) is 0. The quantitative estimate of drug-likeness (QED) is 0.811. The molecule has 2 aliphatic heterocycles. The molecule has 0 unspecified atom stereocenters. The van der Waals surface area contributed by atoms with E-state index in [9.17, 15) is 4.79 Å². The number of carbonyl (C=O) groups excluding carboxylic acids is 1.